The lowest BCUT2D eigenvalue weighted by molar-refractivity contribution is -0.115. The predicted molar refractivity (Wildman–Crippen MR) is 59.4 cm³/mol. The third kappa shape index (κ3) is 2.01. The summed E-state index contributed by atoms with van der Waals surface area (Å²) in [6.07, 6.45) is 5.73. The molecule has 0 radical (unpaired) electrons. The molecular weight excluding hydrogens is 188 g/mol. The Morgan fingerprint density at radius 3 is 2.60 bits per heavy atom. The van der Waals surface area contributed by atoms with Crippen LogP contribution >= 0.6 is 0 Å². The van der Waals surface area contributed by atoms with Crippen molar-refractivity contribution in [1.82, 2.24) is 9.78 Å². The van der Waals surface area contributed by atoms with E-state index in [1.54, 1.807) is 6.08 Å². The zero-order valence-electron chi connectivity index (χ0n) is 9.45. The maximum absolute atomic E-state index is 11.5. The molecule has 1 aliphatic carbocycles. The number of allylic oxidation sites excluding steroid dienone is 1. The Hall–Kier alpha value is -1.38. The van der Waals surface area contributed by atoms with Crippen molar-refractivity contribution in [3.8, 4) is 0 Å². The van der Waals surface area contributed by atoms with Crippen molar-refractivity contribution in [2.75, 3.05) is 0 Å². The van der Waals surface area contributed by atoms with E-state index in [1.807, 2.05) is 31.7 Å². The van der Waals surface area contributed by atoms with E-state index in [4.69, 9.17) is 0 Å². The molecule has 3 nitrogen and oxygen atoms in total. The van der Waals surface area contributed by atoms with Crippen molar-refractivity contribution >= 4 is 11.9 Å². The highest BCUT2D eigenvalue weighted by Gasteiger charge is 2.27. The maximum atomic E-state index is 11.5. The molecule has 1 aromatic rings. The highest BCUT2D eigenvalue weighted by molar-refractivity contribution is 5.96. The second-order valence-corrected chi connectivity index (χ2v) is 4.22. The van der Waals surface area contributed by atoms with Crippen LogP contribution in [0.2, 0.25) is 0 Å². The molecule has 0 aliphatic heterocycles. The molecule has 1 aliphatic rings. The molecule has 1 saturated carbocycles. The topological polar surface area (TPSA) is 34.9 Å². The Labute approximate surface area is 89.8 Å². The molecule has 0 unspecified atom stereocenters. The van der Waals surface area contributed by atoms with E-state index in [2.05, 4.69) is 5.10 Å². The van der Waals surface area contributed by atoms with Crippen LogP contribution < -0.4 is 0 Å². The zero-order chi connectivity index (χ0) is 11.0. The van der Waals surface area contributed by atoms with Gasteiger partial charge in [0.25, 0.3) is 0 Å². The molecule has 0 atom stereocenters. The molecule has 0 saturated heterocycles. The first kappa shape index (κ1) is 10.1. The van der Waals surface area contributed by atoms with Gasteiger partial charge in [-0.25, -0.2) is 0 Å². The number of aryl methyl sites for hydroxylation is 2. The van der Waals surface area contributed by atoms with Crippen molar-refractivity contribution in [3.05, 3.63) is 23.0 Å². The monoisotopic (exact) mass is 204 g/mol. The fourth-order valence-electron chi connectivity index (χ4n) is 1.70. The Balaban J connectivity index is 2.19. The average Bonchev–Trinajstić information content (AvgIpc) is 2.96. The number of carbonyl (C=O) groups excluding carboxylic acids is 1. The molecule has 1 heterocycles. The number of hydrogen-bond donors (Lipinski definition) is 0. The first-order valence-corrected chi connectivity index (χ1v) is 5.31. The summed E-state index contributed by atoms with van der Waals surface area (Å²) in [5.74, 6) is 0.566. The summed E-state index contributed by atoms with van der Waals surface area (Å²) >= 11 is 0. The standard InChI is InChI=1S/C12H16N2O/c1-8-11(9(2)14(3)13-8)6-7-12(15)10-4-5-10/h6-7,10H,4-5H2,1-3H3/b7-6+. The van der Waals surface area contributed by atoms with Crippen molar-refractivity contribution in [1.29, 1.82) is 0 Å². The van der Waals surface area contributed by atoms with Gasteiger partial charge in [-0.1, -0.05) is 0 Å². The summed E-state index contributed by atoms with van der Waals surface area (Å²) in [4.78, 5) is 11.5. The summed E-state index contributed by atoms with van der Waals surface area (Å²) in [5, 5.41) is 4.30. The molecule has 0 amide bonds. The van der Waals surface area contributed by atoms with Crippen molar-refractivity contribution < 1.29 is 4.79 Å². The van der Waals surface area contributed by atoms with Crippen LogP contribution in [0.3, 0.4) is 0 Å². The van der Waals surface area contributed by atoms with E-state index in [9.17, 15) is 4.79 Å². The van der Waals surface area contributed by atoms with E-state index in [0.29, 0.717) is 5.92 Å². The van der Waals surface area contributed by atoms with E-state index >= 15 is 0 Å². The third-order valence-electron chi connectivity index (χ3n) is 2.96. The minimum Gasteiger partial charge on any atom is -0.295 e. The number of hydrogen-bond acceptors (Lipinski definition) is 2. The average molecular weight is 204 g/mol. The number of ketones is 1. The van der Waals surface area contributed by atoms with Gasteiger partial charge >= 0.3 is 0 Å². The SMILES string of the molecule is Cc1nn(C)c(C)c1/C=C/C(=O)C1CC1. The Morgan fingerprint density at radius 1 is 1.47 bits per heavy atom. The normalized spacial score (nSPS) is 16.2. The van der Waals surface area contributed by atoms with Crippen molar-refractivity contribution in [3.63, 3.8) is 0 Å². The van der Waals surface area contributed by atoms with Gasteiger partial charge in [-0.05, 0) is 38.8 Å². The molecular formula is C12H16N2O. The fraction of sp³-hybridized carbons (Fsp3) is 0.500. The molecule has 0 spiro atoms. The van der Waals surface area contributed by atoms with Crippen molar-refractivity contribution in [2.45, 2.75) is 26.7 Å². The summed E-state index contributed by atoms with van der Waals surface area (Å²) in [5.41, 5.74) is 3.16. The largest absolute Gasteiger partial charge is 0.295 e. The lowest BCUT2D eigenvalue weighted by atomic mass is 10.1. The van der Waals surface area contributed by atoms with Crippen LogP contribution in [0.5, 0.6) is 0 Å². The highest BCUT2D eigenvalue weighted by Crippen LogP contribution is 2.30. The van der Waals surface area contributed by atoms with Crippen molar-refractivity contribution in [2.24, 2.45) is 13.0 Å². The van der Waals surface area contributed by atoms with Gasteiger partial charge in [0, 0.05) is 24.2 Å². The number of carbonyl (C=O) groups is 1. The van der Waals surface area contributed by atoms with Gasteiger partial charge in [0.15, 0.2) is 5.78 Å². The Morgan fingerprint density at radius 2 is 2.13 bits per heavy atom. The Kier molecular flexibility index (Phi) is 2.47. The van der Waals surface area contributed by atoms with Crippen LogP contribution in [0, 0.1) is 19.8 Å². The minimum atomic E-state index is 0.262. The number of rotatable bonds is 3. The molecule has 0 bridgehead atoms. The molecule has 3 heteroatoms. The Bertz CT molecular complexity index is 425. The quantitative estimate of drug-likeness (QED) is 0.706. The number of nitrogens with zero attached hydrogens (tertiary/aromatic N) is 2. The molecule has 2 rings (SSSR count). The number of aromatic nitrogens is 2. The molecule has 15 heavy (non-hydrogen) atoms. The third-order valence-corrected chi connectivity index (χ3v) is 2.96. The molecule has 1 aromatic heterocycles. The highest BCUT2D eigenvalue weighted by atomic mass is 16.1. The van der Waals surface area contributed by atoms with Gasteiger partial charge < -0.3 is 0 Å². The van der Waals surface area contributed by atoms with Gasteiger partial charge in [0.1, 0.15) is 0 Å². The molecule has 1 fully saturated rings. The first-order valence-electron chi connectivity index (χ1n) is 5.31. The van der Waals surface area contributed by atoms with E-state index in [1.165, 1.54) is 0 Å². The second kappa shape index (κ2) is 3.65. The summed E-state index contributed by atoms with van der Waals surface area (Å²) in [7, 11) is 1.92. The molecule has 0 N–H and O–H groups in total. The minimum absolute atomic E-state index is 0.262. The summed E-state index contributed by atoms with van der Waals surface area (Å²) in [6, 6.07) is 0. The van der Waals surface area contributed by atoms with Crippen LogP contribution in [0.4, 0.5) is 0 Å². The molecule has 80 valence electrons. The van der Waals surface area contributed by atoms with Crippen LogP contribution in [0.15, 0.2) is 6.08 Å². The van der Waals surface area contributed by atoms with Crippen LogP contribution in [-0.2, 0) is 11.8 Å². The zero-order valence-corrected chi connectivity index (χ0v) is 9.45. The van der Waals surface area contributed by atoms with Gasteiger partial charge in [-0.3, -0.25) is 9.48 Å². The molecule has 0 aromatic carbocycles. The van der Waals surface area contributed by atoms with Gasteiger partial charge in [0.2, 0.25) is 0 Å². The fourth-order valence-corrected chi connectivity index (χ4v) is 1.70. The van der Waals surface area contributed by atoms with E-state index < -0.39 is 0 Å². The van der Waals surface area contributed by atoms with Crippen LogP contribution in [-0.4, -0.2) is 15.6 Å². The van der Waals surface area contributed by atoms with E-state index in [-0.39, 0.29) is 5.78 Å². The summed E-state index contributed by atoms with van der Waals surface area (Å²) in [6.45, 7) is 3.98. The van der Waals surface area contributed by atoms with Crippen LogP contribution in [0.25, 0.3) is 6.08 Å². The predicted octanol–water partition coefficient (Wildman–Crippen LogP) is 2.03. The van der Waals surface area contributed by atoms with Gasteiger partial charge in [-0.2, -0.15) is 5.10 Å². The first-order chi connectivity index (χ1) is 7.09. The van der Waals surface area contributed by atoms with Gasteiger partial charge in [0.05, 0.1) is 5.69 Å². The second-order valence-electron chi connectivity index (χ2n) is 4.22. The lowest BCUT2D eigenvalue weighted by Gasteiger charge is -1.94. The lowest BCUT2D eigenvalue weighted by Crippen LogP contribution is -1.94. The van der Waals surface area contributed by atoms with E-state index in [0.717, 1.165) is 29.8 Å². The smallest absolute Gasteiger partial charge is 0.158 e. The summed E-state index contributed by atoms with van der Waals surface area (Å²) < 4.78 is 1.84. The maximum Gasteiger partial charge on any atom is 0.158 e. The van der Waals surface area contributed by atoms with Crippen LogP contribution in [0.1, 0.15) is 29.8 Å². The van der Waals surface area contributed by atoms with Gasteiger partial charge in [-0.15, -0.1) is 0 Å².